The molecular formula is C15H19ClN2O6S. The molecule has 1 aromatic carbocycles. The van der Waals surface area contributed by atoms with Gasteiger partial charge in [-0.05, 0) is 38.0 Å². The highest BCUT2D eigenvalue weighted by Gasteiger charge is 2.40. The van der Waals surface area contributed by atoms with Gasteiger partial charge in [-0.2, -0.15) is 4.31 Å². The number of carbonyl (C=O) groups is 2. The summed E-state index contributed by atoms with van der Waals surface area (Å²) >= 11 is 5.92. The summed E-state index contributed by atoms with van der Waals surface area (Å²) in [5.41, 5.74) is 5.03. The van der Waals surface area contributed by atoms with Gasteiger partial charge in [-0.1, -0.05) is 11.6 Å². The van der Waals surface area contributed by atoms with Gasteiger partial charge in [0.1, 0.15) is 10.6 Å². The fourth-order valence-corrected chi connectivity index (χ4v) is 4.96. The Labute approximate surface area is 150 Å². The summed E-state index contributed by atoms with van der Waals surface area (Å²) in [6.07, 6.45) is 0.835. The molecule has 0 radical (unpaired) electrons. The maximum atomic E-state index is 13.1. The molecule has 1 aromatic rings. The number of nitrogens with two attached hydrogens (primary N) is 1. The van der Waals surface area contributed by atoms with Crippen molar-refractivity contribution in [1.82, 2.24) is 4.31 Å². The van der Waals surface area contributed by atoms with Gasteiger partial charge >= 0.3 is 5.97 Å². The highest BCUT2D eigenvalue weighted by Crippen LogP contribution is 2.34. The lowest BCUT2D eigenvalue weighted by molar-refractivity contribution is -0.144. The van der Waals surface area contributed by atoms with E-state index in [-0.39, 0.29) is 22.2 Å². The predicted octanol–water partition coefficient (Wildman–Crippen LogP) is 1.08. The van der Waals surface area contributed by atoms with Crippen molar-refractivity contribution >= 4 is 33.5 Å². The van der Waals surface area contributed by atoms with Crippen LogP contribution < -0.4 is 10.5 Å². The number of hydrogen-bond donors (Lipinski definition) is 2. The van der Waals surface area contributed by atoms with Crippen LogP contribution in [0, 0.1) is 5.92 Å². The summed E-state index contributed by atoms with van der Waals surface area (Å²) in [4.78, 5) is 22.0. The van der Waals surface area contributed by atoms with E-state index < -0.39 is 40.5 Å². The molecule has 8 nitrogen and oxygen atoms in total. The first-order chi connectivity index (χ1) is 11.6. The second-order valence-corrected chi connectivity index (χ2v) is 8.08. The number of sulfonamides is 1. The number of halogens is 1. The Morgan fingerprint density at radius 2 is 2.12 bits per heavy atom. The van der Waals surface area contributed by atoms with Crippen molar-refractivity contribution in [3.8, 4) is 5.75 Å². The standard InChI is InChI=1S/C15H19ClN2O6S/c1-9-11(15(20)21)3-2-6-18(9)25(22,23)13-7-10(16)4-5-12(13)24-8-14(17)19/h4-5,7,9,11H,2-3,6,8H2,1H3,(H2,17,19)(H,20,21)/t9-,11-/m1/s1. The van der Waals surface area contributed by atoms with E-state index in [2.05, 4.69) is 0 Å². The van der Waals surface area contributed by atoms with Crippen LogP contribution in [0.2, 0.25) is 5.02 Å². The van der Waals surface area contributed by atoms with Crippen LogP contribution >= 0.6 is 11.6 Å². The molecule has 0 unspecified atom stereocenters. The summed E-state index contributed by atoms with van der Waals surface area (Å²) in [7, 11) is -4.07. The fraction of sp³-hybridized carbons (Fsp3) is 0.467. The quantitative estimate of drug-likeness (QED) is 0.748. The third-order valence-electron chi connectivity index (χ3n) is 4.11. The molecule has 10 heteroatoms. The first-order valence-corrected chi connectivity index (χ1v) is 9.41. The molecule has 25 heavy (non-hydrogen) atoms. The fourth-order valence-electron chi connectivity index (χ4n) is 2.86. The number of amides is 1. The number of carbonyl (C=O) groups excluding carboxylic acids is 1. The minimum absolute atomic E-state index is 0.0622. The smallest absolute Gasteiger partial charge is 0.308 e. The Morgan fingerprint density at radius 1 is 1.44 bits per heavy atom. The van der Waals surface area contributed by atoms with Gasteiger partial charge in [0.15, 0.2) is 6.61 Å². The van der Waals surface area contributed by atoms with Gasteiger partial charge < -0.3 is 15.6 Å². The van der Waals surface area contributed by atoms with E-state index >= 15 is 0 Å². The van der Waals surface area contributed by atoms with Crippen molar-refractivity contribution < 1.29 is 27.9 Å². The van der Waals surface area contributed by atoms with Crippen LogP contribution in [-0.2, 0) is 19.6 Å². The summed E-state index contributed by atoms with van der Waals surface area (Å²) < 4.78 is 32.4. The summed E-state index contributed by atoms with van der Waals surface area (Å²) in [5, 5.41) is 9.46. The third kappa shape index (κ3) is 4.23. The van der Waals surface area contributed by atoms with Gasteiger partial charge in [0, 0.05) is 17.6 Å². The molecule has 0 saturated carbocycles. The zero-order chi connectivity index (χ0) is 18.8. The maximum absolute atomic E-state index is 13.1. The lowest BCUT2D eigenvalue weighted by Crippen LogP contribution is -2.49. The number of ether oxygens (including phenoxy) is 1. The first-order valence-electron chi connectivity index (χ1n) is 7.60. The number of aliphatic carboxylic acids is 1. The second kappa shape index (κ2) is 7.59. The number of benzene rings is 1. The van der Waals surface area contributed by atoms with Crippen molar-refractivity contribution in [3.63, 3.8) is 0 Å². The molecule has 1 aliphatic heterocycles. The van der Waals surface area contributed by atoms with E-state index in [1.54, 1.807) is 6.92 Å². The van der Waals surface area contributed by atoms with E-state index in [4.69, 9.17) is 22.1 Å². The summed E-state index contributed by atoms with van der Waals surface area (Å²) in [5.74, 6) is -2.65. The Hall–Kier alpha value is -1.84. The monoisotopic (exact) mass is 390 g/mol. The van der Waals surface area contributed by atoms with E-state index in [9.17, 15) is 23.1 Å². The molecule has 3 N–H and O–H groups in total. The predicted molar refractivity (Wildman–Crippen MR) is 89.9 cm³/mol. The van der Waals surface area contributed by atoms with E-state index in [1.807, 2.05) is 0 Å². The number of primary amides is 1. The molecule has 1 fully saturated rings. The molecule has 138 valence electrons. The maximum Gasteiger partial charge on any atom is 0.308 e. The molecule has 0 aliphatic carbocycles. The molecule has 1 heterocycles. The molecule has 1 saturated heterocycles. The molecule has 0 aromatic heterocycles. The molecule has 2 rings (SSSR count). The Bertz CT molecular complexity index is 782. The lowest BCUT2D eigenvalue weighted by Gasteiger charge is -2.36. The van der Waals surface area contributed by atoms with Crippen LogP contribution in [0.5, 0.6) is 5.75 Å². The molecule has 0 spiro atoms. The minimum Gasteiger partial charge on any atom is -0.482 e. The van der Waals surface area contributed by atoms with Gasteiger partial charge in [0.05, 0.1) is 5.92 Å². The van der Waals surface area contributed by atoms with Crippen LogP contribution in [0.4, 0.5) is 0 Å². The first kappa shape index (κ1) is 19.5. The highest BCUT2D eigenvalue weighted by atomic mass is 35.5. The molecule has 0 bridgehead atoms. The zero-order valence-corrected chi connectivity index (χ0v) is 15.1. The van der Waals surface area contributed by atoms with Gasteiger partial charge in [-0.3, -0.25) is 9.59 Å². The molecule has 1 amide bonds. The Morgan fingerprint density at radius 3 is 2.72 bits per heavy atom. The Balaban J connectivity index is 2.43. The average Bonchev–Trinajstić information content (AvgIpc) is 2.53. The topological polar surface area (TPSA) is 127 Å². The van der Waals surface area contributed by atoms with Crippen molar-refractivity contribution in [1.29, 1.82) is 0 Å². The number of carboxylic acid groups (broad SMARTS) is 1. The Kier molecular flexibility index (Phi) is 5.91. The van der Waals surface area contributed by atoms with Crippen LogP contribution in [-0.4, -0.2) is 48.9 Å². The van der Waals surface area contributed by atoms with E-state index in [1.165, 1.54) is 18.2 Å². The molecule has 1 aliphatic rings. The SMILES string of the molecule is C[C@@H]1[C@H](C(=O)O)CCCN1S(=O)(=O)c1cc(Cl)ccc1OCC(N)=O. The molecule has 2 atom stereocenters. The van der Waals surface area contributed by atoms with E-state index in [0.29, 0.717) is 12.8 Å². The minimum atomic E-state index is -4.07. The summed E-state index contributed by atoms with van der Waals surface area (Å²) in [6, 6.07) is 3.25. The zero-order valence-electron chi connectivity index (χ0n) is 13.5. The number of piperidine rings is 1. The number of rotatable bonds is 6. The van der Waals surface area contributed by atoms with Crippen molar-refractivity contribution in [2.75, 3.05) is 13.2 Å². The average molecular weight is 391 g/mol. The lowest BCUT2D eigenvalue weighted by atomic mass is 9.92. The van der Waals surface area contributed by atoms with Gasteiger partial charge in [0.25, 0.3) is 5.91 Å². The van der Waals surface area contributed by atoms with Gasteiger partial charge in [-0.25, -0.2) is 8.42 Å². The summed E-state index contributed by atoms with van der Waals surface area (Å²) in [6.45, 7) is 1.26. The largest absolute Gasteiger partial charge is 0.482 e. The number of hydrogen-bond acceptors (Lipinski definition) is 5. The second-order valence-electron chi connectivity index (χ2n) is 5.79. The highest BCUT2D eigenvalue weighted by molar-refractivity contribution is 7.89. The van der Waals surface area contributed by atoms with Crippen LogP contribution in [0.3, 0.4) is 0 Å². The van der Waals surface area contributed by atoms with E-state index in [0.717, 1.165) is 4.31 Å². The van der Waals surface area contributed by atoms with Crippen molar-refractivity contribution in [2.24, 2.45) is 11.7 Å². The number of nitrogens with zero attached hydrogens (tertiary/aromatic N) is 1. The van der Waals surface area contributed by atoms with Crippen molar-refractivity contribution in [2.45, 2.75) is 30.7 Å². The normalized spacial score (nSPS) is 21.7. The van der Waals surface area contributed by atoms with Crippen LogP contribution in [0.1, 0.15) is 19.8 Å². The third-order valence-corrected chi connectivity index (χ3v) is 6.35. The number of carboxylic acids is 1. The van der Waals surface area contributed by atoms with Gasteiger partial charge in [0.2, 0.25) is 10.0 Å². The molecular weight excluding hydrogens is 372 g/mol. The van der Waals surface area contributed by atoms with Gasteiger partial charge in [-0.15, -0.1) is 0 Å². The van der Waals surface area contributed by atoms with Crippen LogP contribution in [0.15, 0.2) is 23.1 Å². The van der Waals surface area contributed by atoms with Crippen molar-refractivity contribution in [3.05, 3.63) is 23.2 Å². The van der Waals surface area contributed by atoms with Crippen LogP contribution in [0.25, 0.3) is 0 Å².